The van der Waals surface area contributed by atoms with Crippen LogP contribution >= 0.6 is 0 Å². The molecule has 1 aromatic carbocycles. The minimum atomic E-state index is -0.467. The molecule has 2 rings (SSSR count). The third-order valence-electron chi connectivity index (χ3n) is 2.90. The average molecular weight is 220 g/mol. The molecule has 1 atom stereocenters. The van der Waals surface area contributed by atoms with Gasteiger partial charge in [0.2, 0.25) is 0 Å². The van der Waals surface area contributed by atoms with E-state index in [1.165, 1.54) is 0 Å². The summed E-state index contributed by atoms with van der Waals surface area (Å²) >= 11 is 0. The summed E-state index contributed by atoms with van der Waals surface area (Å²) in [5, 5.41) is 12.6. The number of urea groups is 1. The molecule has 0 saturated heterocycles. The van der Waals surface area contributed by atoms with Gasteiger partial charge in [-0.2, -0.15) is 0 Å². The summed E-state index contributed by atoms with van der Waals surface area (Å²) < 4.78 is 0. The summed E-state index contributed by atoms with van der Waals surface area (Å²) in [5.41, 5.74) is 1.65. The second kappa shape index (κ2) is 4.53. The van der Waals surface area contributed by atoms with E-state index in [4.69, 9.17) is 0 Å². The van der Waals surface area contributed by atoms with Gasteiger partial charge in [0.1, 0.15) is 0 Å². The quantitative estimate of drug-likeness (QED) is 0.698. The first-order chi connectivity index (χ1) is 7.74. The van der Waals surface area contributed by atoms with Crippen molar-refractivity contribution in [1.82, 2.24) is 5.32 Å². The zero-order chi connectivity index (χ0) is 11.5. The van der Waals surface area contributed by atoms with Crippen molar-refractivity contribution in [3.63, 3.8) is 0 Å². The number of fused-ring (bicyclic) bond motifs is 1. The normalized spacial score (nSPS) is 19.9. The van der Waals surface area contributed by atoms with Gasteiger partial charge in [-0.15, -0.1) is 0 Å². The van der Waals surface area contributed by atoms with Crippen LogP contribution in [0.25, 0.3) is 0 Å². The first kappa shape index (κ1) is 11.0. The molecule has 0 radical (unpaired) electrons. The number of amides is 2. The zero-order valence-corrected chi connectivity index (χ0v) is 9.31. The Kier molecular flexibility index (Phi) is 3.10. The molecule has 1 aliphatic rings. The van der Waals surface area contributed by atoms with Crippen molar-refractivity contribution in [2.45, 2.75) is 18.9 Å². The fourth-order valence-electron chi connectivity index (χ4n) is 2.08. The third kappa shape index (κ3) is 1.88. The standard InChI is InChI=1S/C12H16N2O2/c1-13-12(16)14-8-4-7-11(15)9-5-2-3-6-10(9)14/h2-3,5-6,11,15H,4,7-8H2,1H3,(H,13,16). The van der Waals surface area contributed by atoms with E-state index in [0.717, 1.165) is 17.7 Å². The minimum Gasteiger partial charge on any atom is -0.388 e. The number of para-hydroxylation sites is 1. The number of anilines is 1. The Bertz CT molecular complexity index is 392. The molecule has 1 unspecified atom stereocenters. The first-order valence-corrected chi connectivity index (χ1v) is 5.50. The molecule has 1 aliphatic heterocycles. The van der Waals surface area contributed by atoms with Gasteiger partial charge in [-0.1, -0.05) is 18.2 Å². The van der Waals surface area contributed by atoms with Crippen LogP contribution in [-0.4, -0.2) is 24.7 Å². The molecule has 2 amide bonds. The van der Waals surface area contributed by atoms with Gasteiger partial charge in [0.05, 0.1) is 11.8 Å². The van der Waals surface area contributed by atoms with Crippen molar-refractivity contribution >= 4 is 11.7 Å². The Labute approximate surface area is 94.9 Å². The Morgan fingerprint density at radius 1 is 1.50 bits per heavy atom. The summed E-state index contributed by atoms with van der Waals surface area (Å²) in [5.74, 6) is 0. The molecule has 0 spiro atoms. The Hall–Kier alpha value is -1.55. The maximum atomic E-state index is 11.7. The molecular formula is C12H16N2O2. The molecule has 16 heavy (non-hydrogen) atoms. The molecule has 0 bridgehead atoms. The van der Waals surface area contributed by atoms with E-state index in [0.29, 0.717) is 13.0 Å². The molecule has 86 valence electrons. The van der Waals surface area contributed by atoms with E-state index in [2.05, 4.69) is 5.32 Å². The molecule has 4 nitrogen and oxygen atoms in total. The van der Waals surface area contributed by atoms with Crippen molar-refractivity contribution in [2.24, 2.45) is 0 Å². The van der Waals surface area contributed by atoms with Gasteiger partial charge >= 0.3 is 6.03 Å². The van der Waals surface area contributed by atoms with E-state index >= 15 is 0 Å². The fourth-order valence-corrected chi connectivity index (χ4v) is 2.08. The van der Waals surface area contributed by atoms with Gasteiger partial charge in [0, 0.05) is 19.2 Å². The van der Waals surface area contributed by atoms with E-state index in [9.17, 15) is 9.90 Å². The lowest BCUT2D eigenvalue weighted by molar-refractivity contribution is 0.168. The highest BCUT2D eigenvalue weighted by atomic mass is 16.3. The number of benzene rings is 1. The largest absolute Gasteiger partial charge is 0.388 e. The van der Waals surface area contributed by atoms with Gasteiger partial charge in [-0.05, 0) is 18.9 Å². The SMILES string of the molecule is CNC(=O)N1CCCC(O)c2ccccc21. The molecule has 0 saturated carbocycles. The second-order valence-electron chi connectivity index (χ2n) is 3.92. The molecule has 2 N–H and O–H groups in total. The predicted molar refractivity (Wildman–Crippen MR) is 62.4 cm³/mol. The van der Waals surface area contributed by atoms with Crippen LogP contribution < -0.4 is 10.2 Å². The summed E-state index contributed by atoms with van der Waals surface area (Å²) in [6, 6.07) is 7.39. The number of nitrogens with one attached hydrogen (secondary N) is 1. The number of carbonyl (C=O) groups is 1. The lowest BCUT2D eigenvalue weighted by Crippen LogP contribution is -2.38. The molecule has 0 aliphatic carbocycles. The van der Waals surface area contributed by atoms with Crippen LogP contribution in [0.2, 0.25) is 0 Å². The second-order valence-corrected chi connectivity index (χ2v) is 3.92. The fraction of sp³-hybridized carbons (Fsp3) is 0.417. The highest BCUT2D eigenvalue weighted by Gasteiger charge is 2.24. The summed E-state index contributed by atoms with van der Waals surface area (Å²) in [7, 11) is 1.62. The topological polar surface area (TPSA) is 52.6 Å². The van der Waals surface area contributed by atoms with Crippen LogP contribution in [0.15, 0.2) is 24.3 Å². The highest BCUT2D eigenvalue weighted by Crippen LogP contribution is 2.32. The number of rotatable bonds is 0. The lowest BCUT2D eigenvalue weighted by atomic mass is 10.0. The van der Waals surface area contributed by atoms with Crippen LogP contribution in [0.5, 0.6) is 0 Å². The average Bonchev–Trinajstić information content (AvgIpc) is 2.49. The first-order valence-electron chi connectivity index (χ1n) is 5.50. The van der Waals surface area contributed by atoms with Crippen LogP contribution in [0, 0.1) is 0 Å². The number of hydrogen-bond acceptors (Lipinski definition) is 2. The summed E-state index contributed by atoms with van der Waals surface area (Å²) in [4.78, 5) is 13.4. The van der Waals surface area contributed by atoms with Crippen LogP contribution in [0.1, 0.15) is 24.5 Å². The van der Waals surface area contributed by atoms with Crippen LogP contribution in [0.3, 0.4) is 0 Å². The lowest BCUT2D eigenvalue weighted by Gasteiger charge is -2.22. The Balaban J connectivity index is 2.42. The molecule has 0 fully saturated rings. The predicted octanol–water partition coefficient (Wildman–Crippen LogP) is 1.66. The van der Waals surface area contributed by atoms with Crippen LogP contribution in [0.4, 0.5) is 10.5 Å². The number of nitrogens with zero attached hydrogens (tertiary/aromatic N) is 1. The Morgan fingerprint density at radius 3 is 3.00 bits per heavy atom. The van der Waals surface area contributed by atoms with Gasteiger partial charge in [0.25, 0.3) is 0 Å². The zero-order valence-electron chi connectivity index (χ0n) is 9.31. The molecular weight excluding hydrogens is 204 g/mol. The van der Waals surface area contributed by atoms with Crippen molar-refractivity contribution in [3.05, 3.63) is 29.8 Å². The van der Waals surface area contributed by atoms with Gasteiger partial charge in [-0.3, -0.25) is 4.90 Å². The van der Waals surface area contributed by atoms with E-state index in [1.54, 1.807) is 11.9 Å². The van der Waals surface area contributed by atoms with Gasteiger partial charge in [-0.25, -0.2) is 4.79 Å². The number of aliphatic hydroxyl groups excluding tert-OH is 1. The third-order valence-corrected chi connectivity index (χ3v) is 2.90. The maximum absolute atomic E-state index is 11.7. The van der Waals surface area contributed by atoms with Crippen LogP contribution in [-0.2, 0) is 0 Å². The molecule has 1 aromatic rings. The maximum Gasteiger partial charge on any atom is 0.321 e. The van der Waals surface area contributed by atoms with Gasteiger partial charge in [0.15, 0.2) is 0 Å². The smallest absolute Gasteiger partial charge is 0.321 e. The number of hydrogen-bond donors (Lipinski definition) is 2. The van der Waals surface area contributed by atoms with Crippen molar-refractivity contribution < 1.29 is 9.90 Å². The van der Waals surface area contributed by atoms with Crippen molar-refractivity contribution in [2.75, 3.05) is 18.5 Å². The van der Waals surface area contributed by atoms with Crippen molar-refractivity contribution in [1.29, 1.82) is 0 Å². The van der Waals surface area contributed by atoms with E-state index in [1.807, 2.05) is 24.3 Å². The van der Waals surface area contributed by atoms with E-state index in [-0.39, 0.29) is 6.03 Å². The molecule has 1 heterocycles. The van der Waals surface area contributed by atoms with Crippen molar-refractivity contribution in [3.8, 4) is 0 Å². The Morgan fingerprint density at radius 2 is 2.25 bits per heavy atom. The monoisotopic (exact) mass is 220 g/mol. The highest BCUT2D eigenvalue weighted by molar-refractivity contribution is 5.92. The summed E-state index contributed by atoms with van der Waals surface area (Å²) in [6.07, 6.45) is 1.04. The van der Waals surface area contributed by atoms with Gasteiger partial charge < -0.3 is 10.4 Å². The van der Waals surface area contributed by atoms with E-state index < -0.39 is 6.10 Å². The molecule has 0 aromatic heterocycles. The molecule has 4 heteroatoms. The minimum absolute atomic E-state index is 0.124. The summed E-state index contributed by atoms with van der Waals surface area (Å²) in [6.45, 7) is 0.647. The number of aliphatic hydroxyl groups is 1. The number of carbonyl (C=O) groups excluding carboxylic acids is 1.